The van der Waals surface area contributed by atoms with Gasteiger partial charge >= 0.3 is 5.97 Å². The van der Waals surface area contributed by atoms with Gasteiger partial charge in [-0.25, -0.2) is 9.80 Å². The summed E-state index contributed by atoms with van der Waals surface area (Å²) >= 11 is 0. The minimum Gasteiger partial charge on any atom is -0.421 e. The summed E-state index contributed by atoms with van der Waals surface area (Å²) in [6, 6.07) is 15.4. The van der Waals surface area contributed by atoms with Gasteiger partial charge in [-0.1, -0.05) is 36.4 Å². The smallest absolute Gasteiger partial charge is 0.344 e. The summed E-state index contributed by atoms with van der Waals surface area (Å²) in [5.41, 5.74) is 3.63. The first-order valence-electron chi connectivity index (χ1n) is 6.93. The van der Waals surface area contributed by atoms with E-state index in [9.17, 15) is 14.4 Å². The van der Waals surface area contributed by atoms with Crippen molar-refractivity contribution in [1.82, 2.24) is 5.43 Å². The maximum atomic E-state index is 12.6. The summed E-state index contributed by atoms with van der Waals surface area (Å²) in [7, 11) is 0. The minimum absolute atomic E-state index is 0.00605. The fourth-order valence-corrected chi connectivity index (χ4v) is 2.62. The van der Waals surface area contributed by atoms with Gasteiger partial charge in [0, 0.05) is 5.56 Å². The number of hydrazine groups is 1. The van der Waals surface area contributed by atoms with Crippen molar-refractivity contribution < 1.29 is 19.1 Å². The fraction of sp³-hybridized carbons (Fsp3) is 0. The van der Waals surface area contributed by atoms with Gasteiger partial charge in [-0.15, -0.1) is 0 Å². The van der Waals surface area contributed by atoms with E-state index in [1.165, 1.54) is 0 Å². The molecule has 0 aromatic heterocycles. The van der Waals surface area contributed by atoms with E-state index < -0.39 is 17.8 Å². The number of hydrogen-bond acceptors (Lipinski definition) is 4. The second-order valence-corrected chi connectivity index (χ2v) is 5.06. The molecule has 4 rings (SSSR count). The van der Waals surface area contributed by atoms with Crippen molar-refractivity contribution in [3.05, 3.63) is 71.3 Å². The maximum absolute atomic E-state index is 12.6. The number of hydrogen-bond donors (Lipinski definition) is 1. The highest BCUT2D eigenvalue weighted by Gasteiger charge is 2.41. The predicted molar refractivity (Wildman–Crippen MR) is 80.8 cm³/mol. The van der Waals surface area contributed by atoms with E-state index in [1.54, 1.807) is 54.6 Å². The Bertz CT molecular complexity index is 886. The minimum atomic E-state index is -0.599. The molecule has 1 saturated heterocycles. The standard InChI is InChI=1S/C17H10N2O4/c20-15-13(14-11-8-4-5-9-12(11)17(22)23-14)16(21)19(18-15)10-6-2-1-3-7-10/h1-9H,(H,18,20). The molecule has 23 heavy (non-hydrogen) atoms. The molecule has 0 radical (unpaired) electrons. The number of carbonyl (C=O) groups is 3. The van der Waals surface area contributed by atoms with E-state index >= 15 is 0 Å². The third kappa shape index (κ3) is 1.92. The Morgan fingerprint density at radius 1 is 0.826 bits per heavy atom. The number of ether oxygens (including phenoxy) is 1. The molecule has 112 valence electrons. The molecule has 2 aromatic carbocycles. The van der Waals surface area contributed by atoms with E-state index in [0.29, 0.717) is 16.8 Å². The average molecular weight is 306 g/mol. The molecule has 1 N–H and O–H groups in total. The van der Waals surface area contributed by atoms with E-state index in [0.717, 1.165) is 5.01 Å². The SMILES string of the molecule is O=C1NN(c2ccccc2)C(=O)C1=C1OC(=O)c2ccccc21. The van der Waals surface area contributed by atoms with Gasteiger partial charge in [0.05, 0.1) is 11.3 Å². The van der Waals surface area contributed by atoms with Crippen LogP contribution < -0.4 is 10.4 Å². The van der Waals surface area contributed by atoms with Crippen molar-refractivity contribution in [2.24, 2.45) is 0 Å². The zero-order chi connectivity index (χ0) is 16.0. The topological polar surface area (TPSA) is 75.7 Å². The highest BCUT2D eigenvalue weighted by molar-refractivity contribution is 6.33. The van der Waals surface area contributed by atoms with Gasteiger partial charge in [-0.2, -0.15) is 0 Å². The van der Waals surface area contributed by atoms with Crippen molar-refractivity contribution in [2.45, 2.75) is 0 Å². The maximum Gasteiger partial charge on any atom is 0.344 e. The summed E-state index contributed by atoms with van der Waals surface area (Å²) in [4.78, 5) is 36.7. The Labute approximate surface area is 130 Å². The van der Waals surface area contributed by atoms with E-state index in [-0.39, 0.29) is 11.3 Å². The van der Waals surface area contributed by atoms with Gasteiger partial charge in [-0.3, -0.25) is 15.0 Å². The Morgan fingerprint density at radius 2 is 1.48 bits per heavy atom. The molecule has 6 heteroatoms. The molecular formula is C17H10N2O4. The number of para-hydroxylation sites is 1. The molecule has 2 amide bonds. The van der Waals surface area contributed by atoms with Gasteiger partial charge in [0.1, 0.15) is 0 Å². The number of carbonyl (C=O) groups excluding carboxylic acids is 3. The molecule has 0 aliphatic carbocycles. The summed E-state index contributed by atoms with van der Waals surface area (Å²) in [6.45, 7) is 0. The second-order valence-electron chi connectivity index (χ2n) is 5.06. The highest BCUT2D eigenvalue weighted by Crippen LogP contribution is 2.34. The van der Waals surface area contributed by atoms with Gasteiger partial charge < -0.3 is 4.74 Å². The van der Waals surface area contributed by atoms with Crippen LogP contribution in [0.15, 0.2) is 60.2 Å². The van der Waals surface area contributed by atoms with Crippen molar-refractivity contribution >= 4 is 29.2 Å². The molecular weight excluding hydrogens is 296 g/mol. The Hall–Kier alpha value is -3.41. The van der Waals surface area contributed by atoms with Gasteiger partial charge in [0.2, 0.25) is 0 Å². The first-order valence-corrected chi connectivity index (χ1v) is 6.93. The number of fused-ring (bicyclic) bond motifs is 1. The molecule has 2 aliphatic rings. The molecule has 0 atom stereocenters. The van der Waals surface area contributed by atoms with E-state index in [1.807, 2.05) is 0 Å². The van der Waals surface area contributed by atoms with Crippen LogP contribution in [0.4, 0.5) is 5.69 Å². The van der Waals surface area contributed by atoms with Crippen LogP contribution >= 0.6 is 0 Å². The summed E-state index contributed by atoms with van der Waals surface area (Å²) in [6.07, 6.45) is 0. The number of rotatable bonds is 1. The lowest BCUT2D eigenvalue weighted by molar-refractivity contribution is -0.117. The highest BCUT2D eigenvalue weighted by atomic mass is 16.5. The summed E-state index contributed by atoms with van der Waals surface area (Å²) in [5, 5.41) is 1.14. The Balaban J connectivity index is 1.83. The summed E-state index contributed by atoms with van der Waals surface area (Å²) in [5.74, 6) is -1.72. The first-order chi connectivity index (χ1) is 11.2. The van der Waals surface area contributed by atoms with Gasteiger partial charge in [0.15, 0.2) is 11.3 Å². The average Bonchev–Trinajstić information content (AvgIpc) is 3.06. The van der Waals surface area contributed by atoms with E-state index in [2.05, 4.69) is 5.43 Å². The van der Waals surface area contributed by atoms with Crippen LogP contribution in [0.5, 0.6) is 0 Å². The third-order valence-corrected chi connectivity index (χ3v) is 3.69. The molecule has 1 fully saturated rings. The molecule has 6 nitrogen and oxygen atoms in total. The van der Waals surface area contributed by atoms with Gasteiger partial charge in [-0.05, 0) is 18.2 Å². The van der Waals surface area contributed by atoms with Crippen LogP contribution in [0.2, 0.25) is 0 Å². The molecule has 0 saturated carbocycles. The lowest BCUT2D eigenvalue weighted by atomic mass is 10.0. The zero-order valence-corrected chi connectivity index (χ0v) is 11.8. The van der Waals surface area contributed by atoms with Crippen LogP contribution in [0, 0.1) is 0 Å². The number of benzene rings is 2. The van der Waals surface area contributed by atoms with Crippen LogP contribution in [-0.4, -0.2) is 17.8 Å². The first kappa shape index (κ1) is 13.3. The molecule has 2 aromatic rings. The Kier molecular flexibility index (Phi) is 2.77. The lowest BCUT2D eigenvalue weighted by Gasteiger charge is -2.13. The van der Waals surface area contributed by atoms with Crippen molar-refractivity contribution in [2.75, 3.05) is 5.01 Å². The van der Waals surface area contributed by atoms with Crippen LogP contribution in [0.25, 0.3) is 5.76 Å². The third-order valence-electron chi connectivity index (χ3n) is 3.69. The summed E-state index contributed by atoms with van der Waals surface area (Å²) < 4.78 is 5.17. The second kappa shape index (κ2) is 4.81. The fourth-order valence-electron chi connectivity index (χ4n) is 2.62. The predicted octanol–water partition coefficient (Wildman–Crippen LogP) is 1.65. The van der Waals surface area contributed by atoms with E-state index in [4.69, 9.17) is 4.74 Å². The van der Waals surface area contributed by atoms with Crippen molar-refractivity contribution in [3.63, 3.8) is 0 Å². The number of amides is 2. The van der Waals surface area contributed by atoms with Crippen LogP contribution in [-0.2, 0) is 14.3 Å². The Morgan fingerprint density at radius 3 is 2.22 bits per heavy atom. The van der Waals surface area contributed by atoms with Crippen molar-refractivity contribution in [3.8, 4) is 0 Å². The van der Waals surface area contributed by atoms with Crippen LogP contribution in [0.1, 0.15) is 15.9 Å². The van der Waals surface area contributed by atoms with Crippen molar-refractivity contribution in [1.29, 1.82) is 0 Å². The number of esters is 1. The number of anilines is 1. The monoisotopic (exact) mass is 306 g/mol. The normalized spacial score (nSPS) is 19.7. The number of nitrogens with zero attached hydrogens (tertiary/aromatic N) is 1. The number of nitrogens with one attached hydrogen (secondary N) is 1. The zero-order valence-electron chi connectivity index (χ0n) is 11.8. The van der Waals surface area contributed by atoms with Crippen LogP contribution in [0.3, 0.4) is 0 Å². The molecule has 2 aliphatic heterocycles. The molecule has 0 spiro atoms. The number of cyclic esters (lactones) is 1. The molecule has 0 unspecified atom stereocenters. The molecule has 2 heterocycles. The molecule has 0 bridgehead atoms. The van der Waals surface area contributed by atoms with Gasteiger partial charge in [0.25, 0.3) is 11.8 Å². The lowest BCUT2D eigenvalue weighted by Crippen LogP contribution is -2.35. The quantitative estimate of drug-likeness (QED) is 0.494. The largest absolute Gasteiger partial charge is 0.421 e.